The molecule has 12 heteroatoms. The Hall–Kier alpha value is -2.86. The van der Waals surface area contributed by atoms with E-state index in [-0.39, 0.29) is 17.3 Å². The van der Waals surface area contributed by atoms with Gasteiger partial charge in [0.1, 0.15) is 22.2 Å². The Kier molecular flexibility index (Phi) is 4.71. The van der Waals surface area contributed by atoms with Gasteiger partial charge in [0.2, 0.25) is 15.8 Å². The molecule has 0 atom stereocenters. The highest BCUT2D eigenvalue weighted by Crippen LogP contribution is 2.44. The number of aromatic nitrogens is 2. The van der Waals surface area contributed by atoms with Crippen molar-refractivity contribution in [2.24, 2.45) is 5.14 Å². The van der Waals surface area contributed by atoms with Gasteiger partial charge in [-0.25, -0.2) is 22.3 Å². The van der Waals surface area contributed by atoms with Crippen LogP contribution in [-0.2, 0) is 16.2 Å². The van der Waals surface area contributed by atoms with Gasteiger partial charge < -0.3 is 4.52 Å². The van der Waals surface area contributed by atoms with E-state index in [0.717, 1.165) is 0 Å². The van der Waals surface area contributed by atoms with E-state index in [2.05, 4.69) is 14.7 Å². The van der Waals surface area contributed by atoms with Gasteiger partial charge in [-0.1, -0.05) is 5.16 Å². The monoisotopic (exact) mass is 419 g/mol. The van der Waals surface area contributed by atoms with Crippen molar-refractivity contribution in [1.29, 1.82) is 0 Å². The Morgan fingerprint density at radius 3 is 2.36 bits per heavy atom. The van der Waals surface area contributed by atoms with E-state index in [1.165, 1.54) is 25.3 Å². The highest BCUT2D eigenvalue weighted by Gasteiger charge is 2.42. The molecule has 0 radical (unpaired) electrons. The SMILES string of the molecule is Cc1ncccc1-c1noc(C(F)(F)F)c1-c1cc(F)c(S(N)(=O)=O)cc1F. The number of pyridine rings is 1. The lowest BCUT2D eigenvalue weighted by Crippen LogP contribution is -2.15. The lowest BCUT2D eigenvalue weighted by molar-refractivity contribution is -0.154. The predicted molar refractivity (Wildman–Crippen MR) is 86.2 cm³/mol. The van der Waals surface area contributed by atoms with E-state index in [4.69, 9.17) is 5.14 Å². The molecule has 3 rings (SSSR count). The first-order chi connectivity index (χ1) is 12.9. The second-order valence-corrected chi connectivity index (χ2v) is 7.21. The first kappa shape index (κ1) is 19.9. The quantitative estimate of drug-likeness (QED) is 0.654. The fourth-order valence-corrected chi connectivity index (χ4v) is 3.19. The van der Waals surface area contributed by atoms with Crippen molar-refractivity contribution in [3.63, 3.8) is 0 Å². The topological polar surface area (TPSA) is 99.1 Å². The summed E-state index contributed by atoms with van der Waals surface area (Å²) >= 11 is 0. The number of alkyl halides is 3. The molecule has 2 heterocycles. The van der Waals surface area contributed by atoms with Gasteiger partial charge in [0, 0.05) is 23.0 Å². The highest BCUT2D eigenvalue weighted by molar-refractivity contribution is 7.89. The zero-order chi connectivity index (χ0) is 20.9. The summed E-state index contributed by atoms with van der Waals surface area (Å²) in [6.45, 7) is 1.47. The number of benzene rings is 1. The summed E-state index contributed by atoms with van der Waals surface area (Å²) in [4.78, 5) is 2.73. The Morgan fingerprint density at radius 1 is 1.11 bits per heavy atom. The average molecular weight is 419 g/mol. The molecule has 0 unspecified atom stereocenters. The summed E-state index contributed by atoms with van der Waals surface area (Å²) in [7, 11) is -4.64. The van der Waals surface area contributed by atoms with Crippen molar-refractivity contribution in [2.75, 3.05) is 0 Å². The maximum Gasteiger partial charge on any atom is 0.453 e. The Bertz CT molecular complexity index is 1170. The molecule has 0 aliphatic rings. The van der Waals surface area contributed by atoms with E-state index >= 15 is 0 Å². The molecule has 28 heavy (non-hydrogen) atoms. The average Bonchev–Trinajstić information content (AvgIpc) is 3.01. The Labute approximate surface area is 154 Å². The minimum atomic E-state index is -5.09. The van der Waals surface area contributed by atoms with E-state index < -0.39 is 55.3 Å². The minimum absolute atomic E-state index is 0.0899. The lowest BCUT2D eigenvalue weighted by atomic mass is 9.97. The van der Waals surface area contributed by atoms with Crippen LogP contribution in [0.1, 0.15) is 11.5 Å². The number of aryl methyl sites for hydroxylation is 1. The van der Waals surface area contributed by atoms with Crippen LogP contribution in [0.3, 0.4) is 0 Å². The van der Waals surface area contributed by atoms with Crippen molar-refractivity contribution in [3.8, 4) is 22.4 Å². The zero-order valence-electron chi connectivity index (χ0n) is 13.9. The van der Waals surface area contributed by atoms with Crippen LogP contribution in [0.2, 0.25) is 0 Å². The van der Waals surface area contributed by atoms with Crippen LogP contribution in [0.25, 0.3) is 22.4 Å². The number of hydrogen-bond donors (Lipinski definition) is 1. The molecule has 0 saturated heterocycles. The van der Waals surface area contributed by atoms with E-state index in [0.29, 0.717) is 6.07 Å². The summed E-state index contributed by atoms with van der Waals surface area (Å²) in [5.41, 5.74) is -1.86. The van der Waals surface area contributed by atoms with Crippen molar-refractivity contribution in [2.45, 2.75) is 18.0 Å². The van der Waals surface area contributed by atoms with E-state index in [9.17, 15) is 30.4 Å². The number of sulfonamides is 1. The molecule has 0 spiro atoms. The van der Waals surface area contributed by atoms with Crippen LogP contribution in [0.5, 0.6) is 0 Å². The molecule has 0 amide bonds. The molecule has 0 bridgehead atoms. The van der Waals surface area contributed by atoms with Crippen molar-refractivity contribution >= 4 is 10.0 Å². The Balaban J connectivity index is 2.37. The number of primary sulfonamides is 1. The van der Waals surface area contributed by atoms with Crippen LogP contribution in [0.15, 0.2) is 39.9 Å². The third-order valence-corrected chi connectivity index (χ3v) is 4.73. The van der Waals surface area contributed by atoms with Gasteiger partial charge in [-0.3, -0.25) is 4.98 Å². The molecule has 1 aromatic carbocycles. The van der Waals surface area contributed by atoms with Crippen LogP contribution in [0.4, 0.5) is 22.0 Å². The Morgan fingerprint density at radius 2 is 1.79 bits per heavy atom. The molecule has 0 aliphatic carbocycles. The molecule has 148 valence electrons. The maximum absolute atomic E-state index is 14.5. The summed E-state index contributed by atoms with van der Waals surface area (Å²) in [6, 6.07) is 3.28. The standard InChI is InChI=1S/C16H10F5N3O3S/c1-7-8(3-2-4-23-7)14-13(15(27-24-14)16(19,20)21)9-5-11(18)12(6-10(9)17)28(22,25)26/h2-6H,1H3,(H2,22,25,26). The fourth-order valence-electron chi connectivity index (χ4n) is 2.59. The molecule has 0 fully saturated rings. The summed E-state index contributed by atoms with van der Waals surface area (Å²) in [5.74, 6) is -4.66. The van der Waals surface area contributed by atoms with Crippen molar-refractivity contribution in [1.82, 2.24) is 10.1 Å². The number of rotatable bonds is 3. The third-order valence-electron chi connectivity index (χ3n) is 3.81. The largest absolute Gasteiger partial charge is 0.453 e. The van der Waals surface area contributed by atoms with Crippen LogP contribution < -0.4 is 5.14 Å². The molecule has 0 aliphatic heterocycles. The second-order valence-electron chi connectivity index (χ2n) is 5.68. The van der Waals surface area contributed by atoms with E-state index in [1.54, 1.807) is 0 Å². The minimum Gasteiger partial charge on any atom is -0.350 e. The van der Waals surface area contributed by atoms with Gasteiger partial charge in [0.25, 0.3) is 0 Å². The van der Waals surface area contributed by atoms with Crippen molar-refractivity contribution < 1.29 is 34.9 Å². The van der Waals surface area contributed by atoms with Crippen LogP contribution in [0, 0.1) is 18.6 Å². The maximum atomic E-state index is 14.5. The van der Waals surface area contributed by atoms with Gasteiger partial charge in [0.15, 0.2) is 0 Å². The molecule has 2 N–H and O–H groups in total. The normalized spacial score (nSPS) is 12.4. The second kappa shape index (κ2) is 6.63. The van der Waals surface area contributed by atoms with Crippen molar-refractivity contribution in [3.05, 3.63) is 53.6 Å². The van der Waals surface area contributed by atoms with Crippen LogP contribution in [-0.4, -0.2) is 18.6 Å². The summed E-state index contributed by atoms with van der Waals surface area (Å²) in [6.07, 6.45) is -3.71. The van der Waals surface area contributed by atoms with Gasteiger partial charge >= 0.3 is 6.18 Å². The number of nitrogens with two attached hydrogens (primary N) is 1. The molecule has 3 aromatic rings. The number of hydrogen-bond acceptors (Lipinski definition) is 5. The van der Waals surface area contributed by atoms with Crippen LogP contribution >= 0.6 is 0 Å². The van der Waals surface area contributed by atoms with E-state index in [1.807, 2.05) is 0 Å². The molecular formula is C16H10F5N3O3S. The number of halogens is 5. The first-order valence-corrected chi connectivity index (χ1v) is 8.97. The zero-order valence-corrected chi connectivity index (χ0v) is 14.7. The first-order valence-electron chi connectivity index (χ1n) is 7.42. The molecule has 6 nitrogen and oxygen atoms in total. The lowest BCUT2D eigenvalue weighted by Gasteiger charge is -2.11. The molecule has 2 aromatic heterocycles. The third kappa shape index (κ3) is 3.47. The molecular weight excluding hydrogens is 409 g/mol. The van der Waals surface area contributed by atoms with Gasteiger partial charge in [-0.2, -0.15) is 13.2 Å². The predicted octanol–water partition coefficient (Wildman–Crippen LogP) is 3.66. The molecule has 0 saturated carbocycles. The van der Waals surface area contributed by atoms with Gasteiger partial charge in [-0.05, 0) is 31.2 Å². The fraction of sp³-hybridized carbons (Fsp3) is 0.125. The van der Waals surface area contributed by atoms with Gasteiger partial charge in [-0.15, -0.1) is 0 Å². The summed E-state index contributed by atoms with van der Waals surface area (Å²) < 4.78 is 95.9. The number of nitrogens with zero attached hydrogens (tertiary/aromatic N) is 2. The highest BCUT2D eigenvalue weighted by atomic mass is 32.2. The van der Waals surface area contributed by atoms with Gasteiger partial charge in [0.05, 0.1) is 5.56 Å². The smallest absolute Gasteiger partial charge is 0.350 e. The summed E-state index contributed by atoms with van der Waals surface area (Å²) in [5, 5.41) is 8.15.